The summed E-state index contributed by atoms with van der Waals surface area (Å²) in [6.45, 7) is 5.49. The number of anilines is 1. The number of carbonyl (C=O) groups is 1. The maximum atomic E-state index is 12.5. The van der Waals surface area contributed by atoms with Gasteiger partial charge in [-0.15, -0.1) is 11.3 Å². The van der Waals surface area contributed by atoms with E-state index < -0.39 is 0 Å². The van der Waals surface area contributed by atoms with Crippen molar-refractivity contribution in [1.29, 1.82) is 0 Å². The van der Waals surface area contributed by atoms with Crippen LogP contribution in [0.2, 0.25) is 0 Å². The van der Waals surface area contributed by atoms with Crippen LogP contribution >= 0.6 is 11.3 Å². The summed E-state index contributed by atoms with van der Waals surface area (Å²) in [6, 6.07) is 3.51. The van der Waals surface area contributed by atoms with Gasteiger partial charge in [0.2, 0.25) is 5.88 Å². The zero-order chi connectivity index (χ0) is 15.4. The molecule has 1 fully saturated rings. The van der Waals surface area contributed by atoms with Gasteiger partial charge >= 0.3 is 0 Å². The van der Waals surface area contributed by atoms with E-state index in [0.717, 1.165) is 18.2 Å². The Morgan fingerprint density at radius 1 is 1.27 bits per heavy atom. The number of hydrogen-bond acceptors (Lipinski definition) is 6. The van der Waals surface area contributed by atoms with Gasteiger partial charge in [0.1, 0.15) is 0 Å². The Hall–Kier alpha value is -2.15. The second-order valence-corrected chi connectivity index (χ2v) is 5.79. The molecule has 116 valence electrons. The number of piperazine rings is 1. The molecule has 7 heteroatoms. The summed E-state index contributed by atoms with van der Waals surface area (Å²) in [6.07, 6.45) is 3.39. The first kappa shape index (κ1) is 14.8. The molecule has 0 bridgehead atoms. The molecule has 0 atom stereocenters. The highest BCUT2D eigenvalue weighted by Crippen LogP contribution is 2.19. The number of carbonyl (C=O) groups excluding carboxylic acids is 1. The summed E-state index contributed by atoms with van der Waals surface area (Å²) in [5.41, 5.74) is 0.603. The molecule has 6 nitrogen and oxygen atoms in total. The Bertz CT molecular complexity index is 607. The molecule has 2 aromatic rings. The van der Waals surface area contributed by atoms with Crippen molar-refractivity contribution in [3.8, 4) is 5.88 Å². The highest BCUT2D eigenvalue weighted by molar-refractivity contribution is 7.13. The maximum Gasteiger partial charge on any atom is 0.255 e. The number of nitrogens with zero attached hydrogens (tertiary/aromatic N) is 4. The number of thiazole rings is 1. The Balaban J connectivity index is 1.59. The zero-order valence-corrected chi connectivity index (χ0v) is 13.3. The van der Waals surface area contributed by atoms with E-state index in [1.165, 1.54) is 0 Å². The molecule has 0 N–H and O–H groups in total. The molecule has 0 unspecified atom stereocenters. The van der Waals surface area contributed by atoms with Gasteiger partial charge in [0.25, 0.3) is 5.91 Å². The van der Waals surface area contributed by atoms with Crippen LogP contribution in [0.15, 0.2) is 29.9 Å². The van der Waals surface area contributed by atoms with Crippen molar-refractivity contribution < 1.29 is 9.53 Å². The van der Waals surface area contributed by atoms with Gasteiger partial charge in [-0.3, -0.25) is 4.79 Å². The van der Waals surface area contributed by atoms with Crippen molar-refractivity contribution in [2.24, 2.45) is 0 Å². The first-order chi connectivity index (χ1) is 10.8. The van der Waals surface area contributed by atoms with Crippen molar-refractivity contribution in [3.05, 3.63) is 35.5 Å². The fourth-order valence-corrected chi connectivity index (χ4v) is 3.09. The average molecular weight is 318 g/mol. The molecule has 1 aliphatic heterocycles. The molecule has 0 saturated carbocycles. The number of aromatic nitrogens is 2. The summed E-state index contributed by atoms with van der Waals surface area (Å²) in [4.78, 5) is 25.0. The van der Waals surface area contributed by atoms with Gasteiger partial charge in [0.05, 0.1) is 12.2 Å². The van der Waals surface area contributed by atoms with Crippen molar-refractivity contribution in [2.75, 3.05) is 37.7 Å². The van der Waals surface area contributed by atoms with Gasteiger partial charge < -0.3 is 14.5 Å². The highest BCUT2D eigenvalue weighted by atomic mass is 32.1. The molecule has 1 saturated heterocycles. The third-order valence-corrected chi connectivity index (χ3v) is 4.36. The average Bonchev–Trinajstić information content (AvgIpc) is 3.10. The molecule has 22 heavy (non-hydrogen) atoms. The van der Waals surface area contributed by atoms with Crippen LogP contribution in [0.3, 0.4) is 0 Å². The standard InChI is InChI=1S/C15H18N4O2S/c1-2-21-13-4-3-12(11-17-13)14(20)18-6-8-19(9-7-18)15-16-5-10-22-15/h3-5,10-11H,2,6-9H2,1H3. The highest BCUT2D eigenvalue weighted by Gasteiger charge is 2.23. The van der Waals surface area contributed by atoms with E-state index in [-0.39, 0.29) is 5.91 Å². The summed E-state index contributed by atoms with van der Waals surface area (Å²) in [5, 5.41) is 2.99. The summed E-state index contributed by atoms with van der Waals surface area (Å²) in [7, 11) is 0. The lowest BCUT2D eigenvalue weighted by Gasteiger charge is -2.34. The van der Waals surface area contributed by atoms with Gasteiger partial charge in [-0.05, 0) is 13.0 Å². The first-order valence-corrected chi connectivity index (χ1v) is 8.18. The topological polar surface area (TPSA) is 58.6 Å². The lowest BCUT2D eigenvalue weighted by Crippen LogP contribution is -2.48. The lowest BCUT2D eigenvalue weighted by atomic mass is 10.2. The SMILES string of the molecule is CCOc1ccc(C(=O)N2CCN(c3nccs3)CC2)cn1. The Labute approximate surface area is 133 Å². The molecular formula is C15H18N4O2S. The lowest BCUT2D eigenvalue weighted by molar-refractivity contribution is 0.0746. The minimum atomic E-state index is 0.0225. The van der Waals surface area contributed by atoms with Gasteiger partial charge in [0, 0.05) is 50.0 Å². The Morgan fingerprint density at radius 2 is 2.09 bits per heavy atom. The van der Waals surface area contributed by atoms with E-state index in [2.05, 4.69) is 14.9 Å². The number of rotatable bonds is 4. The van der Waals surface area contributed by atoms with Crippen LogP contribution in [0, 0.1) is 0 Å². The van der Waals surface area contributed by atoms with Crippen LogP contribution in [0.25, 0.3) is 0 Å². The molecule has 1 amide bonds. The van der Waals surface area contributed by atoms with E-state index in [1.807, 2.05) is 23.4 Å². The number of hydrogen-bond donors (Lipinski definition) is 0. The van der Waals surface area contributed by atoms with E-state index >= 15 is 0 Å². The largest absolute Gasteiger partial charge is 0.478 e. The molecule has 1 aliphatic rings. The Kier molecular flexibility index (Phi) is 4.53. The maximum absolute atomic E-state index is 12.5. The predicted molar refractivity (Wildman–Crippen MR) is 85.6 cm³/mol. The van der Waals surface area contributed by atoms with Crippen molar-refractivity contribution >= 4 is 22.4 Å². The van der Waals surface area contributed by atoms with E-state index in [0.29, 0.717) is 31.1 Å². The molecule has 2 aromatic heterocycles. The molecule has 0 aliphatic carbocycles. The zero-order valence-electron chi connectivity index (χ0n) is 12.4. The molecule has 3 heterocycles. The summed E-state index contributed by atoms with van der Waals surface area (Å²) < 4.78 is 5.29. The van der Waals surface area contributed by atoms with E-state index in [4.69, 9.17) is 4.74 Å². The third kappa shape index (κ3) is 3.19. The predicted octanol–water partition coefficient (Wildman–Crippen LogP) is 1.90. The second-order valence-electron chi connectivity index (χ2n) is 4.91. The van der Waals surface area contributed by atoms with Crippen LogP contribution in [-0.2, 0) is 0 Å². The van der Waals surface area contributed by atoms with Crippen molar-refractivity contribution in [3.63, 3.8) is 0 Å². The molecule has 0 radical (unpaired) electrons. The van der Waals surface area contributed by atoms with Gasteiger partial charge in [-0.1, -0.05) is 0 Å². The van der Waals surface area contributed by atoms with Crippen molar-refractivity contribution in [1.82, 2.24) is 14.9 Å². The summed E-state index contributed by atoms with van der Waals surface area (Å²) in [5.74, 6) is 0.571. The van der Waals surface area contributed by atoms with Crippen LogP contribution < -0.4 is 9.64 Å². The molecule has 3 rings (SSSR count). The molecular weight excluding hydrogens is 300 g/mol. The second kappa shape index (κ2) is 6.74. The number of pyridine rings is 1. The minimum absolute atomic E-state index is 0.0225. The number of amides is 1. The van der Waals surface area contributed by atoms with Crippen LogP contribution in [0.1, 0.15) is 17.3 Å². The van der Waals surface area contributed by atoms with Gasteiger partial charge in [-0.2, -0.15) is 0 Å². The summed E-state index contributed by atoms with van der Waals surface area (Å²) >= 11 is 1.63. The monoisotopic (exact) mass is 318 g/mol. The van der Waals surface area contributed by atoms with Crippen LogP contribution in [0.4, 0.5) is 5.13 Å². The minimum Gasteiger partial charge on any atom is -0.478 e. The normalized spacial score (nSPS) is 15.0. The quantitative estimate of drug-likeness (QED) is 0.862. The van der Waals surface area contributed by atoms with Crippen molar-refractivity contribution in [2.45, 2.75) is 6.92 Å². The smallest absolute Gasteiger partial charge is 0.255 e. The molecule has 0 spiro atoms. The molecule has 0 aromatic carbocycles. The first-order valence-electron chi connectivity index (χ1n) is 7.30. The Morgan fingerprint density at radius 3 is 2.68 bits per heavy atom. The van der Waals surface area contributed by atoms with Crippen LogP contribution in [0.5, 0.6) is 5.88 Å². The number of ether oxygens (including phenoxy) is 1. The third-order valence-electron chi connectivity index (χ3n) is 3.53. The van der Waals surface area contributed by atoms with E-state index in [1.54, 1.807) is 29.7 Å². The van der Waals surface area contributed by atoms with Gasteiger partial charge in [-0.25, -0.2) is 9.97 Å². The fraction of sp³-hybridized carbons (Fsp3) is 0.400. The van der Waals surface area contributed by atoms with Gasteiger partial charge in [0.15, 0.2) is 5.13 Å². The van der Waals surface area contributed by atoms with Crippen LogP contribution in [-0.4, -0.2) is 53.6 Å². The van der Waals surface area contributed by atoms with E-state index in [9.17, 15) is 4.79 Å². The fourth-order valence-electron chi connectivity index (χ4n) is 2.40.